The van der Waals surface area contributed by atoms with Gasteiger partial charge in [-0.15, -0.1) is 12.4 Å². The van der Waals surface area contributed by atoms with E-state index in [0.717, 1.165) is 25.9 Å². The second kappa shape index (κ2) is 3.11. The molecule has 3 saturated heterocycles. The number of rotatable bonds is 0. The maximum atomic E-state index is 11.2. The first kappa shape index (κ1) is 9.01. The summed E-state index contributed by atoms with van der Waals surface area (Å²) in [4.78, 5) is 13.5. The molecule has 3 fully saturated rings. The molecule has 0 spiro atoms. The minimum atomic E-state index is 0. The van der Waals surface area contributed by atoms with E-state index in [0.29, 0.717) is 17.7 Å². The Kier molecular flexibility index (Phi) is 2.55. The first-order chi connectivity index (χ1) is 4.77. The van der Waals surface area contributed by atoms with Crippen molar-refractivity contribution in [2.75, 3.05) is 13.1 Å². The lowest BCUT2D eigenvalue weighted by Gasteiger charge is -2.42. The second-order valence-corrected chi connectivity index (χ2v) is 3.51. The van der Waals surface area contributed by atoms with Gasteiger partial charge >= 0.3 is 0 Å². The number of ketones is 1. The molecule has 0 N–H and O–H groups in total. The molecular formula is C8H14ClNO. The maximum absolute atomic E-state index is 11.2. The molecule has 3 aliphatic rings. The average Bonchev–Trinajstić information content (AvgIpc) is 1.91. The summed E-state index contributed by atoms with van der Waals surface area (Å²) in [5.74, 6) is 0.893. The molecule has 3 rings (SSSR count). The summed E-state index contributed by atoms with van der Waals surface area (Å²) < 4.78 is 0. The van der Waals surface area contributed by atoms with Gasteiger partial charge in [0, 0.05) is 12.0 Å². The number of fused-ring (bicyclic) bond motifs is 3. The zero-order valence-corrected chi connectivity index (χ0v) is 7.56. The number of halogens is 1. The van der Waals surface area contributed by atoms with Crippen LogP contribution in [0.5, 0.6) is 0 Å². The Morgan fingerprint density at radius 2 is 2.27 bits per heavy atom. The Bertz CT molecular complexity index is 171. The molecule has 3 aliphatic heterocycles. The molecule has 3 heteroatoms. The summed E-state index contributed by atoms with van der Waals surface area (Å²) >= 11 is 0. The van der Waals surface area contributed by atoms with Gasteiger partial charge in [-0.25, -0.2) is 0 Å². The summed E-state index contributed by atoms with van der Waals surface area (Å²) in [6.07, 6.45) is 2.22. The van der Waals surface area contributed by atoms with Crippen molar-refractivity contribution in [2.24, 2.45) is 5.92 Å². The number of Topliss-reactive ketones (excluding diaryl/α,β-unsaturated/α-hetero) is 1. The molecule has 2 nitrogen and oxygen atoms in total. The predicted molar refractivity (Wildman–Crippen MR) is 46.0 cm³/mol. The molecule has 64 valence electrons. The molecule has 3 unspecified atom stereocenters. The Morgan fingerprint density at radius 3 is 2.55 bits per heavy atom. The van der Waals surface area contributed by atoms with Gasteiger partial charge in [-0.2, -0.15) is 0 Å². The second-order valence-electron chi connectivity index (χ2n) is 3.51. The van der Waals surface area contributed by atoms with Gasteiger partial charge in [0.15, 0.2) is 0 Å². The smallest absolute Gasteiger partial charge is 0.150 e. The van der Waals surface area contributed by atoms with Crippen LogP contribution in [0.1, 0.15) is 19.8 Å². The number of nitrogens with zero attached hydrogens (tertiary/aromatic N) is 1. The van der Waals surface area contributed by atoms with Crippen molar-refractivity contribution in [1.29, 1.82) is 0 Å². The Hall–Kier alpha value is -0.0800. The fourth-order valence-electron chi connectivity index (χ4n) is 2.08. The first-order valence-corrected chi connectivity index (χ1v) is 4.04. The minimum Gasteiger partial charge on any atom is -0.298 e. The van der Waals surface area contributed by atoms with Crippen molar-refractivity contribution in [2.45, 2.75) is 25.8 Å². The van der Waals surface area contributed by atoms with Crippen LogP contribution in [0, 0.1) is 5.92 Å². The third-order valence-electron chi connectivity index (χ3n) is 2.83. The van der Waals surface area contributed by atoms with E-state index in [-0.39, 0.29) is 12.4 Å². The van der Waals surface area contributed by atoms with E-state index >= 15 is 0 Å². The van der Waals surface area contributed by atoms with Crippen LogP contribution in [-0.4, -0.2) is 29.8 Å². The van der Waals surface area contributed by atoms with E-state index in [2.05, 4.69) is 11.8 Å². The van der Waals surface area contributed by atoms with E-state index in [1.807, 2.05) is 0 Å². The number of piperidine rings is 3. The van der Waals surface area contributed by atoms with Gasteiger partial charge in [-0.1, -0.05) is 0 Å². The molecule has 3 atom stereocenters. The summed E-state index contributed by atoms with van der Waals surface area (Å²) in [6.45, 7) is 4.10. The fourth-order valence-corrected chi connectivity index (χ4v) is 2.08. The maximum Gasteiger partial charge on any atom is 0.150 e. The zero-order chi connectivity index (χ0) is 7.14. The lowest BCUT2D eigenvalue weighted by atomic mass is 9.83. The molecule has 3 heterocycles. The quantitative estimate of drug-likeness (QED) is 0.550. The SMILES string of the molecule is CC1CC2CCN1CC2=O.Cl. The fraction of sp³-hybridized carbons (Fsp3) is 0.875. The van der Waals surface area contributed by atoms with Crippen LogP contribution in [0.25, 0.3) is 0 Å². The van der Waals surface area contributed by atoms with Gasteiger partial charge < -0.3 is 0 Å². The number of hydrogen-bond donors (Lipinski definition) is 0. The Morgan fingerprint density at radius 1 is 1.55 bits per heavy atom. The highest BCUT2D eigenvalue weighted by Gasteiger charge is 2.36. The van der Waals surface area contributed by atoms with Crippen LogP contribution >= 0.6 is 12.4 Å². The molecule has 0 aromatic carbocycles. The number of carbonyl (C=O) groups excluding carboxylic acids is 1. The summed E-state index contributed by atoms with van der Waals surface area (Å²) in [6, 6.07) is 0.663. The normalized spacial score (nSPS) is 41.9. The highest BCUT2D eigenvalue weighted by atomic mass is 35.5. The molecule has 0 aromatic heterocycles. The van der Waals surface area contributed by atoms with Gasteiger partial charge in [-0.3, -0.25) is 9.69 Å². The number of carbonyl (C=O) groups is 1. The average molecular weight is 176 g/mol. The summed E-state index contributed by atoms with van der Waals surface area (Å²) in [7, 11) is 0. The van der Waals surface area contributed by atoms with Gasteiger partial charge in [0.1, 0.15) is 5.78 Å². The lowest BCUT2D eigenvalue weighted by Crippen LogP contribution is -2.52. The van der Waals surface area contributed by atoms with Gasteiger partial charge in [0.25, 0.3) is 0 Å². The van der Waals surface area contributed by atoms with Crippen LogP contribution < -0.4 is 0 Å². The van der Waals surface area contributed by atoms with Crippen LogP contribution in [0.15, 0.2) is 0 Å². The third-order valence-corrected chi connectivity index (χ3v) is 2.83. The van der Waals surface area contributed by atoms with Gasteiger partial charge in [-0.05, 0) is 26.3 Å². The standard InChI is InChI=1S/C8H13NO.ClH/c1-6-4-7-2-3-9(6)5-8(7)10;/h6-7H,2-5H2,1H3;1H. The van der Waals surface area contributed by atoms with Crippen molar-refractivity contribution >= 4 is 18.2 Å². The summed E-state index contributed by atoms with van der Waals surface area (Å²) in [5, 5.41) is 0. The minimum absolute atomic E-state index is 0. The summed E-state index contributed by atoms with van der Waals surface area (Å²) in [5.41, 5.74) is 0. The number of hydrogen-bond acceptors (Lipinski definition) is 2. The van der Waals surface area contributed by atoms with Crippen molar-refractivity contribution in [3.63, 3.8) is 0 Å². The van der Waals surface area contributed by atoms with Crippen LogP contribution in [-0.2, 0) is 4.79 Å². The van der Waals surface area contributed by atoms with E-state index in [1.165, 1.54) is 0 Å². The molecule has 0 radical (unpaired) electrons. The molecular weight excluding hydrogens is 162 g/mol. The highest BCUT2D eigenvalue weighted by molar-refractivity contribution is 5.85. The van der Waals surface area contributed by atoms with Crippen molar-refractivity contribution < 1.29 is 4.79 Å². The predicted octanol–water partition coefficient (Wildman–Crippen LogP) is 1.09. The highest BCUT2D eigenvalue weighted by Crippen LogP contribution is 2.28. The molecule has 0 aromatic rings. The largest absolute Gasteiger partial charge is 0.298 e. The van der Waals surface area contributed by atoms with Crippen LogP contribution in [0.2, 0.25) is 0 Å². The van der Waals surface area contributed by atoms with E-state index in [1.54, 1.807) is 0 Å². The van der Waals surface area contributed by atoms with Crippen LogP contribution in [0.3, 0.4) is 0 Å². The molecule has 2 bridgehead atoms. The van der Waals surface area contributed by atoms with E-state index < -0.39 is 0 Å². The Balaban J connectivity index is 0.000000605. The van der Waals surface area contributed by atoms with Crippen molar-refractivity contribution in [3.8, 4) is 0 Å². The monoisotopic (exact) mass is 175 g/mol. The van der Waals surface area contributed by atoms with Gasteiger partial charge in [0.05, 0.1) is 6.54 Å². The molecule has 11 heavy (non-hydrogen) atoms. The Labute approximate surface area is 73.4 Å². The third kappa shape index (κ3) is 1.42. The topological polar surface area (TPSA) is 20.3 Å². The van der Waals surface area contributed by atoms with Crippen LogP contribution in [0.4, 0.5) is 0 Å². The van der Waals surface area contributed by atoms with E-state index in [9.17, 15) is 4.79 Å². The van der Waals surface area contributed by atoms with Gasteiger partial charge in [0.2, 0.25) is 0 Å². The van der Waals surface area contributed by atoms with E-state index in [4.69, 9.17) is 0 Å². The zero-order valence-electron chi connectivity index (χ0n) is 6.75. The van der Waals surface area contributed by atoms with Crippen molar-refractivity contribution in [3.05, 3.63) is 0 Å². The molecule has 0 saturated carbocycles. The lowest BCUT2D eigenvalue weighted by molar-refractivity contribution is -0.132. The first-order valence-electron chi connectivity index (χ1n) is 4.04. The molecule has 0 amide bonds. The van der Waals surface area contributed by atoms with Crippen molar-refractivity contribution in [1.82, 2.24) is 4.90 Å². The molecule has 0 aliphatic carbocycles.